The second-order valence-corrected chi connectivity index (χ2v) is 5.34. The van der Waals surface area contributed by atoms with Crippen LogP contribution in [0.4, 0.5) is 0 Å². The third-order valence-electron chi connectivity index (χ3n) is 3.23. The molecule has 3 rings (SSSR count). The van der Waals surface area contributed by atoms with Gasteiger partial charge in [-0.1, -0.05) is 37.0 Å². The molecule has 1 unspecified atom stereocenters. The van der Waals surface area contributed by atoms with E-state index in [-0.39, 0.29) is 0 Å². The SMILES string of the molecule is CCC#Cc1ccc2cc3cc(P)ccc3cc2c1. The summed E-state index contributed by atoms with van der Waals surface area (Å²) in [6.45, 7) is 2.07. The number of hydrogen-bond donors (Lipinski definition) is 0. The lowest BCUT2D eigenvalue weighted by Crippen LogP contribution is -1.88. The quantitative estimate of drug-likeness (QED) is 0.323. The van der Waals surface area contributed by atoms with Gasteiger partial charge >= 0.3 is 0 Å². The summed E-state index contributed by atoms with van der Waals surface area (Å²) in [6, 6.07) is 17.4. The fourth-order valence-corrected chi connectivity index (χ4v) is 2.56. The fourth-order valence-electron chi connectivity index (χ4n) is 2.28. The molecule has 1 atom stereocenters. The first-order valence-electron chi connectivity index (χ1n) is 6.48. The van der Waals surface area contributed by atoms with Crippen molar-refractivity contribution >= 4 is 36.1 Å². The summed E-state index contributed by atoms with van der Waals surface area (Å²) in [5.41, 5.74) is 1.09. The van der Waals surface area contributed by atoms with Crippen molar-refractivity contribution in [2.75, 3.05) is 0 Å². The molecule has 0 nitrogen and oxygen atoms in total. The van der Waals surface area contributed by atoms with Crippen LogP contribution in [0.25, 0.3) is 21.5 Å². The minimum Gasteiger partial charge on any atom is -0.106 e. The maximum Gasteiger partial charge on any atom is 0.0251 e. The molecular formula is C18H15P. The topological polar surface area (TPSA) is 0 Å². The van der Waals surface area contributed by atoms with E-state index in [4.69, 9.17) is 0 Å². The molecule has 19 heavy (non-hydrogen) atoms. The van der Waals surface area contributed by atoms with Gasteiger partial charge in [0.1, 0.15) is 0 Å². The standard InChI is InChI=1S/C18H15P/c1-2-3-4-13-5-6-14-11-17-12-18(19)8-7-15(17)10-16(14)9-13/h5-12H,2,19H2,1H3. The number of fused-ring (bicyclic) bond motifs is 2. The zero-order chi connectivity index (χ0) is 13.2. The summed E-state index contributed by atoms with van der Waals surface area (Å²) in [5, 5.41) is 6.31. The third-order valence-corrected chi connectivity index (χ3v) is 3.59. The predicted octanol–water partition coefficient (Wildman–Crippen LogP) is 4.25. The first-order chi connectivity index (χ1) is 9.26. The molecule has 0 fully saturated rings. The van der Waals surface area contributed by atoms with Crippen LogP contribution in [-0.4, -0.2) is 0 Å². The molecule has 0 saturated heterocycles. The van der Waals surface area contributed by atoms with Crippen LogP contribution in [0.2, 0.25) is 0 Å². The van der Waals surface area contributed by atoms with Crippen LogP contribution in [0.3, 0.4) is 0 Å². The smallest absolute Gasteiger partial charge is 0.0251 e. The van der Waals surface area contributed by atoms with E-state index in [9.17, 15) is 0 Å². The molecule has 0 radical (unpaired) electrons. The van der Waals surface area contributed by atoms with Crippen LogP contribution in [0, 0.1) is 11.8 Å². The summed E-state index contributed by atoms with van der Waals surface area (Å²) in [4.78, 5) is 0. The van der Waals surface area contributed by atoms with Gasteiger partial charge in [0.25, 0.3) is 0 Å². The van der Waals surface area contributed by atoms with Gasteiger partial charge < -0.3 is 0 Å². The second-order valence-electron chi connectivity index (χ2n) is 4.68. The summed E-state index contributed by atoms with van der Waals surface area (Å²) in [7, 11) is 2.75. The van der Waals surface area contributed by atoms with Crippen molar-refractivity contribution in [3.63, 3.8) is 0 Å². The maximum absolute atomic E-state index is 3.19. The second kappa shape index (κ2) is 5.04. The molecule has 0 aliphatic heterocycles. The van der Waals surface area contributed by atoms with E-state index in [1.807, 2.05) is 0 Å². The number of rotatable bonds is 0. The normalized spacial score (nSPS) is 10.4. The Hall–Kier alpha value is -1.83. The summed E-state index contributed by atoms with van der Waals surface area (Å²) in [5.74, 6) is 6.31. The van der Waals surface area contributed by atoms with E-state index in [1.54, 1.807) is 0 Å². The fraction of sp³-hybridized carbons (Fsp3) is 0.111. The Bertz CT molecular complexity index is 819. The van der Waals surface area contributed by atoms with Crippen molar-refractivity contribution in [2.24, 2.45) is 0 Å². The van der Waals surface area contributed by atoms with Gasteiger partial charge in [0.15, 0.2) is 0 Å². The van der Waals surface area contributed by atoms with E-state index < -0.39 is 0 Å². The number of benzene rings is 3. The van der Waals surface area contributed by atoms with Crippen molar-refractivity contribution in [3.8, 4) is 11.8 Å². The van der Waals surface area contributed by atoms with Crippen LogP contribution in [0.15, 0.2) is 48.5 Å². The summed E-state index contributed by atoms with van der Waals surface area (Å²) < 4.78 is 0. The van der Waals surface area contributed by atoms with Gasteiger partial charge in [0.05, 0.1) is 0 Å². The van der Waals surface area contributed by atoms with Crippen LogP contribution in [0.5, 0.6) is 0 Å². The van der Waals surface area contributed by atoms with E-state index in [0.717, 1.165) is 12.0 Å². The minimum atomic E-state index is 0.896. The van der Waals surface area contributed by atoms with Gasteiger partial charge in [-0.25, -0.2) is 0 Å². The van der Waals surface area contributed by atoms with Crippen LogP contribution in [-0.2, 0) is 0 Å². The zero-order valence-corrected chi connectivity index (χ0v) is 12.1. The summed E-state index contributed by atoms with van der Waals surface area (Å²) in [6.07, 6.45) is 0.896. The molecular weight excluding hydrogens is 247 g/mol. The molecule has 0 saturated carbocycles. The monoisotopic (exact) mass is 262 g/mol. The number of hydrogen-bond acceptors (Lipinski definition) is 0. The molecule has 0 aliphatic rings. The molecule has 0 bridgehead atoms. The zero-order valence-electron chi connectivity index (χ0n) is 10.9. The highest BCUT2D eigenvalue weighted by Crippen LogP contribution is 2.23. The average Bonchev–Trinajstić information content (AvgIpc) is 2.42. The Morgan fingerprint density at radius 1 is 0.842 bits per heavy atom. The molecule has 3 aromatic rings. The predicted molar refractivity (Wildman–Crippen MR) is 88.0 cm³/mol. The van der Waals surface area contributed by atoms with Crippen LogP contribution < -0.4 is 5.30 Å². The lowest BCUT2D eigenvalue weighted by Gasteiger charge is -2.04. The average molecular weight is 262 g/mol. The highest BCUT2D eigenvalue weighted by atomic mass is 31.0. The van der Waals surface area contributed by atoms with E-state index in [1.165, 1.54) is 26.8 Å². The first kappa shape index (κ1) is 12.2. The highest BCUT2D eigenvalue weighted by Gasteiger charge is 1.99. The molecule has 0 aliphatic carbocycles. The Balaban J connectivity index is 2.23. The van der Waals surface area contributed by atoms with E-state index in [2.05, 4.69) is 76.5 Å². The maximum atomic E-state index is 3.19. The molecule has 1 heteroatoms. The van der Waals surface area contributed by atoms with Gasteiger partial charge in [0, 0.05) is 12.0 Å². The van der Waals surface area contributed by atoms with Crippen molar-refractivity contribution < 1.29 is 0 Å². The van der Waals surface area contributed by atoms with Gasteiger partial charge in [-0.2, -0.15) is 0 Å². The van der Waals surface area contributed by atoms with Crippen molar-refractivity contribution in [1.82, 2.24) is 0 Å². The molecule has 0 aromatic heterocycles. The Labute approximate surface area is 116 Å². The van der Waals surface area contributed by atoms with Crippen molar-refractivity contribution in [2.45, 2.75) is 13.3 Å². The van der Waals surface area contributed by atoms with Crippen LogP contribution in [0.1, 0.15) is 18.9 Å². The largest absolute Gasteiger partial charge is 0.106 e. The van der Waals surface area contributed by atoms with Crippen molar-refractivity contribution in [1.29, 1.82) is 0 Å². The van der Waals surface area contributed by atoms with Crippen LogP contribution >= 0.6 is 9.24 Å². The first-order valence-corrected chi connectivity index (χ1v) is 7.06. The van der Waals surface area contributed by atoms with E-state index in [0.29, 0.717) is 0 Å². The lowest BCUT2D eigenvalue weighted by molar-refractivity contribution is 1.28. The van der Waals surface area contributed by atoms with E-state index >= 15 is 0 Å². The molecule has 3 aromatic carbocycles. The molecule has 0 N–H and O–H groups in total. The third kappa shape index (κ3) is 2.48. The molecule has 92 valence electrons. The minimum absolute atomic E-state index is 0.896. The lowest BCUT2D eigenvalue weighted by atomic mass is 10.0. The van der Waals surface area contributed by atoms with Gasteiger partial charge in [-0.15, -0.1) is 9.24 Å². The summed E-state index contributed by atoms with van der Waals surface area (Å²) >= 11 is 0. The van der Waals surface area contributed by atoms with Gasteiger partial charge in [0.2, 0.25) is 0 Å². The van der Waals surface area contributed by atoms with Crippen molar-refractivity contribution in [3.05, 3.63) is 54.1 Å². The molecule has 0 spiro atoms. The molecule has 0 amide bonds. The molecule has 0 heterocycles. The highest BCUT2D eigenvalue weighted by molar-refractivity contribution is 7.27. The van der Waals surface area contributed by atoms with Gasteiger partial charge in [-0.3, -0.25) is 0 Å². The Morgan fingerprint density at radius 3 is 2.26 bits per heavy atom. The Morgan fingerprint density at radius 2 is 1.53 bits per heavy atom. The van der Waals surface area contributed by atoms with Gasteiger partial charge in [-0.05, 0) is 57.2 Å². The Kier molecular flexibility index (Phi) is 3.24.